The quantitative estimate of drug-likeness (QED) is 0.544. The Balaban J connectivity index is 1.98. The minimum Gasteiger partial charge on any atom is -0.213 e. The summed E-state index contributed by atoms with van der Waals surface area (Å²) in [4.78, 5) is 0. The van der Waals surface area contributed by atoms with E-state index < -0.39 is 0 Å². The van der Waals surface area contributed by atoms with Gasteiger partial charge in [-0.1, -0.05) is 6.08 Å². The molecule has 0 radical (unpaired) electrons. The van der Waals surface area contributed by atoms with Crippen molar-refractivity contribution in [1.29, 1.82) is 0 Å². The van der Waals surface area contributed by atoms with Gasteiger partial charge in [-0.3, -0.25) is 0 Å². The summed E-state index contributed by atoms with van der Waals surface area (Å²) in [6.07, 6.45) is 10.0. The maximum atomic E-state index is 11.0. The summed E-state index contributed by atoms with van der Waals surface area (Å²) < 4.78 is 11.0. The average molecular weight is 236 g/mol. The lowest BCUT2D eigenvalue weighted by atomic mass is 9.45. The number of allylic oxidation sites excluding steroid dienone is 1. The lowest BCUT2D eigenvalue weighted by Gasteiger charge is -2.60. The van der Waals surface area contributed by atoms with E-state index in [0.29, 0.717) is 11.3 Å². The van der Waals surface area contributed by atoms with Crippen LogP contribution in [0.3, 0.4) is 0 Å². The van der Waals surface area contributed by atoms with E-state index >= 15 is 0 Å². The smallest absolute Gasteiger partial charge is 0.0847 e. The van der Waals surface area contributed by atoms with Gasteiger partial charge in [-0.2, -0.15) is 0 Å². The van der Waals surface area contributed by atoms with Gasteiger partial charge in [0.25, 0.3) is 0 Å². The molecule has 4 aliphatic rings. The van der Waals surface area contributed by atoms with Gasteiger partial charge < -0.3 is 0 Å². The Labute approximate surface area is 101 Å². The summed E-state index contributed by atoms with van der Waals surface area (Å²) in [5, 5.41) is 2.03. The summed E-state index contributed by atoms with van der Waals surface area (Å²) in [6, 6.07) is 0. The van der Waals surface area contributed by atoms with E-state index in [0.717, 1.165) is 30.1 Å². The van der Waals surface area contributed by atoms with Gasteiger partial charge in [-0.25, -0.2) is 4.21 Å². The highest BCUT2D eigenvalue weighted by molar-refractivity contribution is 7.64. The van der Waals surface area contributed by atoms with E-state index in [9.17, 15) is 4.21 Å². The Morgan fingerprint density at radius 1 is 1.12 bits per heavy atom. The SMILES string of the molecule is C=CCC1(C=S=O)C2CC3CC(C2)CC1C3. The topological polar surface area (TPSA) is 17.1 Å². The Bertz CT molecular complexity index is 326. The molecule has 0 atom stereocenters. The molecule has 0 aromatic heterocycles. The number of rotatable bonds is 3. The molecule has 0 heterocycles. The highest BCUT2D eigenvalue weighted by Crippen LogP contribution is 2.62. The molecule has 4 rings (SSSR count). The fraction of sp³-hybridized carbons (Fsp3) is 0.786. The van der Waals surface area contributed by atoms with Crippen LogP contribution in [0.25, 0.3) is 0 Å². The molecule has 2 heteroatoms. The van der Waals surface area contributed by atoms with Crippen molar-refractivity contribution in [1.82, 2.24) is 0 Å². The van der Waals surface area contributed by atoms with Crippen LogP contribution in [0.2, 0.25) is 0 Å². The molecule has 0 aromatic carbocycles. The molecule has 88 valence electrons. The summed E-state index contributed by atoms with van der Waals surface area (Å²) in [6.45, 7) is 3.91. The molecular weight excluding hydrogens is 216 g/mol. The van der Waals surface area contributed by atoms with E-state index in [1.54, 1.807) is 0 Å². The molecule has 4 saturated carbocycles. The normalized spacial score (nSPS) is 49.0. The first-order valence-electron chi connectivity index (χ1n) is 6.52. The third kappa shape index (κ3) is 1.38. The van der Waals surface area contributed by atoms with Crippen LogP contribution in [0, 0.1) is 29.1 Å². The van der Waals surface area contributed by atoms with Crippen LogP contribution in [-0.4, -0.2) is 9.58 Å². The maximum Gasteiger partial charge on any atom is 0.0847 e. The molecule has 0 unspecified atom stereocenters. The van der Waals surface area contributed by atoms with E-state index in [2.05, 4.69) is 6.58 Å². The van der Waals surface area contributed by atoms with E-state index in [1.807, 2.05) is 11.4 Å². The van der Waals surface area contributed by atoms with Crippen LogP contribution >= 0.6 is 0 Å². The predicted molar refractivity (Wildman–Crippen MR) is 68.5 cm³/mol. The van der Waals surface area contributed by atoms with Gasteiger partial charge >= 0.3 is 0 Å². The average Bonchev–Trinajstić information content (AvgIpc) is 2.25. The van der Waals surface area contributed by atoms with Crippen LogP contribution in [0.5, 0.6) is 0 Å². The summed E-state index contributed by atoms with van der Waals surface area (Å²) in [5.41, 5.74) is 0.210. The summed E-state index contributed by atoms with van der Waals surface area (Å²) in [7, 11) is 0. The second kappa shape index (κ2) is 3.83. The van der Waals surface area contributed by atoms with E-state index in [-0.39, 0.29) is 5.41 Å². The molecule has 4 fully saturated rings. The third-order valence-corrected chi connectivity index (χ3v) is 5.96. The van der Waals surface area contributed by atoms with Gasteiger partial charge in [0.2, 0.25) is 0 Å². The molecule has 0 amide bonds. The van der Waals surface area contributed by atoms with Gasteiger partial charge in [0.15, 0.2) is 0 Å². The fourth-order valence-corrected chi connectivity index (χ4v) is 5.64. The van der Waals surface area contributed by atoms with Crippen LogP contribution in [-0.2, 0) is 11.3 Å². The Morgan fingerprint density at radius 3 is 2.12 bits per heavy atom. The molecule has 0 saturated heterocycles. The second-order valence-electron chi connectivity index (χ2n) is 6.12. The third-order valence-electron chi connectivity index (χ3n) is 5.42. The first-order valence-corrected chi connectivity index (χ1v) is 7.33. The van der Waals surface area contributed by atoms with Crippen molar-refractivity contribution in [2.75, 3.05) is 0 Å². The van der Waals surface area contributed by atoms with Crippen molar-refractivity contribution >= 4 is 16.6 Å². The molecule has 1 nitrogen and oxygen atoms in total. The molecule has 4 aliphatic carbocycles. The van der Waals surface area contributed by atoms with Crippen molar-refractivity contribution < 1.29 is 4.21 Å². The minimum absolute atomic E-state index is 0.210. The lowest BCUT2D eigenvalue weighted by molar-refractivity contribution is -0.0639. The zero-order valence-electron chi connectivity index (χ0n) is 9.73. The highest BCUT2D eigenvalue weighted by atomic mass is 32.1. The highest BCUT2D eigenvalue weighted by Gasteiger charge is 2.55. The van der Waals surface area contributed by atoms with Crippen LogP contribution in [0.4, 0.5) is 0 Å². The lowest BCUT2D eigenvalue weighted by Crippen LogP contribution is -2.53. The molecule has 0 N–H and O–H groups in total. The largest absolute Gasteiger partial charge is 0.213 e. The van der Waals surface area contributed by atoms with Crippen molar-refractivity contribution in [2.24, 2.45) is 29.1 Å². The molecule has 16 heavy (non-hydrogen) atoms. The molecule has 0 aromatic rings. The molecular formula is C14H20OS. The Morgan fingerprint density at radius 2 is 1.69 bits per heavy atom. The molecule has 4 bridgehead atoms. The number of hydrogen-bond acceptors (Lipinski definition) is 1. The zero-order valence-corrected chi connectivity index (χ0v) is 10.5. The second-order valence-corrected chi connectivity index (χ2v) is 6.55. The van der Waals surface area contributed by atoms with Crippen LogP contribution < -0.4 is 0 Å². The van der Waals surface area contributed by atoms with Crippen molar-refractivity contribution in [3.63, 3.8) is 0 Å². The number of hydrogen-bond donors (Lipinski definition) is 0. The summed E-state index contributed by atoms with van der Waals surface area (Å²) in [5.74, 6) is 3.52. The van der Waals surface area contributed by atoms with Gasteiger partial charge in [-0.05, 0) is 62.2 Å². The van der Waals surface area contributed by atoms with Gasteiger partial charge in [0.05, 0.1) is 11.3 Å². The molecule has 0 spiro atoms. The van der Waals surface area contributed by atoms with Crippen LogP contribution in [0.1, 0.15) is 38.5 Å². The standard InChI is InChI=1S/C14H20OS/c1-2-3-14(9-16-15)12-5-10-4-11(7-12)8-13(14)6-10/h2,9-13H,1,3-8H2. The fourth-order valence-electron chi connectivity index (χ4n) is 4.98. The Hall–Kier alpha value is -0.370. The first-order chi connectivity index (χ1) is 7.78. The molecule has 0 aliphatic heterocycles. The van der Waals surface area contributed by atoms with Crippen molar-refractivity contribution in [2.45, 2.75) is 38.5 Å². The first kappa shape index (κ1) is 10.8. The zero-order chi connectivity index (χ0) is 11.2. The van der Waals surface area contributed by atoms with Gasteiger partial charge in [0.1, 0.15) is 0 Å². The van der Waals surface area contributed by atoms with Gasteiger partial charge in [-0.15, -0.1) is 6.58 Å². The predicted octanol–water partition coefficient (Wildman–Crippen LogP) is 3.02. The minimum atomic E-state index is 0.210. The van der Waals surface area contributed by atoms with Crippen molar-refractivity contribution in [3.05, 3.63) is 12.7 Å². The van der Waals surface area contributed by atoms with Gasteiger partial charge in [0, 0.05) is 10.8 Å². The monoisotopic (exact) mass is 236 g/mol. The van der Waals surface area contributed by atoms with E-state index in [1.165, 1.54) is 32.1 Å². The maximum absolute atomic E-state index is 11.0. The van der Waals surface area contributed by atoms with E-state index in [4.69, 9.17) is 0 Å². The van der Waals surface area contributed by atoms with Crippen LogP contribution in [0.15, 0.2) is 12.7 Å². The van der Waals surface area contributed by atoms with Crippen molar-refractivity contribution in [3.8, 4) is 0 Å². The Kier molecular flexibility index (Phi) is 2.58. The summed E-state index contributed by atoms with van der Waals surface area (Å²) >= 11 is 0.697.